The van der Waals surface area contributed by atoms with E-state index in [9.17, 15) is 32.2 Å². The molecule has 2 bridgehead atoms. The maximum atomic E-state index is 13.4. The van der Waals surface area contributed by atoms with E-state index in [0.717, 1.165) is 12.1 Å². The summed E-state index contributed by atoms with van der Waals surface area (Å²) in [5.41, 5.74) is -1.26. The molecule has 4 rings (SSSR count). The van der Waals surface area contributed by atoms with Gasteiger partial charge in [-0.05, 0) is 67.9 Å². The summed E-state index contributed by atoms with van der Waals surface area (Å²) in [4.78, 5) is 12.4. The molecule has 6 nitrogen and oxygen atoms in total. The molecule has 0 spiro atoms. The second-order valence-corrected chi connectivity index (χ2v) is 11.1. The topological polar surface area (TPSA) is 104 Å². The third-order valence-electron chi connectivity index (χ3n) is 6.74. The Morgan fingerprint density at radius 3 is 2.34 bits per heavy atom. The zero-order valence-electron chi connectivity index (χ0n) is 16.9. The number of nitrogens with one attached hydrogen (secondary N) is 1. The molecule has 2 aliphatic carbocycles. The van der Waals surface area contributed by atoms with Gasteiger partial charge in [0.2, 0.25) is 0 Å². The van der Waals surface area contributed by atoms with E-state index in [2.05, 4.69) is 5.32 Å². The van der Waals surface area contributed by atoms with Crippen LogP contribution in [0.5, 0.6) is 0 Å². The molecule has 0 radical (unpaired) electrons. The Bertz CT molecular complexity index is 1160. The smallest absolute Gasteiger partial charge is 0.255 e. The quantitative estimate of drug-likeness (QED) is 0.601. The number of carbonyl (C=O) groups excluding carboxylic acids is 1. The van der Waals surface area contributed by atoms with Crippen molar-refractivity contribution in [2.75, 3.05) is 11.9 Å². The summed E-state index contributed by atoms with van der Waals surface area (Å²) in [5.74, 6) is -3.55. The van der Waals surface area contributed by atoms with Crippen molar-refractivity contribution in [3.8, 4) is 0 Å². The number of hydrogen-bond donors (Lipinski definition) is 3. The van der Waals surface area contributed by atoms with Crippen LogP contribution in [0.2, 0.25) is 5.02 Å². The van der Waals surface area contributed by atoms with Crippen molar-refractivity contribution in [2.45, 2.75) is 41.4 Å². The molecule has 2 fully saturated rings. The first-order valence-corrected chi connectivity index (χ1v) is 12.1. The van der Waals surface area contributed by atoms with Gasteiger partial charge in [-0.1, -0.05) is 11.6 Å². The monoisotopic (exact) mass is 485 g/mol. The molecule has 172 valence electrons. The zero-order chi connectivity index (χ0) is 23.3. The summed E-state index contributed by atoms with van der Waals surface area (Å²) < 4.78 is 53.3. The first kappa shape index (κ1) is 23.1. The Hall–Kier alpha value is -2.07. The molecular weight excluding hydrogens is 464 g/mol. The molecule has 1 unspecified atom stereocenters. The minimum atomic E-state index is -3.93. The number of hydrogen-bond acceptors (Lipinski definition) is 5. The van der Waals surface area contributed by atoms with Gasteiger partial charge >= 0.3 is 0 Å². The van der Waals surface area contributed by atoms with Crippen LogP contribution in [0.3, 0.4) is 0 Å². The largest absolute Gasteiger partial charge is 0.393 e. The molecule has 0 aliphatic heterocycles. The van der Waals surface area contributed by atoms with Crippen LogP contribution in [-0.2, 0) is 9.84 Å². The van der Waals surface area contributed by atoms with E-state index < -0.39 is 44.8 Å². The van der Waals surface area contributed by atoms with Crippen LogP contribution in [0.15, 0.2) is 41.3 Å². The lowest BCUT2D eigenvalue weighted by molar-refractivity contribution is -0.0943. The Morgan fingerprint density at radius 2 is 1.75 bits per heavy atom. The average Bonchev–Trinajstić information content (AvgIpc) is 2.92. The number of carbonyl (C=O) groups is 1. The maximum absolute atomic E-state index is 13.4. The Labute approximate surface area is 189 Å². The van der Waals surface area contributed by atoms with E-state index in [1.54, 1.807) is 0 Å². The number of anilines is 1. The Morgan fingerprint density at radius 1 is 1.09 bits per heavy atom. The summed E-state index contributed by atoms with van der Waals surface area (Å²) in [7, 11) is -3.93. The maximum Gasteiger partial charge on any atom is 0.255 e. The lowest BCUT2D eigenvalue weighted by Crippen LogP contribution is -2.50. The molecule has 2 aromatic carbocycles. The minimum absolute atomic E-state index is 0.0108. The summed E-state index contributed by atoms with van der Waals surface area (Å²) in [6, 6.07) is 6.68. The van der Waals surface area contributed by atoms with Gasteiger partial charge in [-0.15, -0.1) is 0 Å². The highest BCUT2D eigenvalue weighted by molar-refractivity contribution is 7.92. The first-order valence-electron chi connectivity index (χ1n) is 10.2. The van der Waals surface area contributed by atoms with E-state index >= 15 is 0 Å². The van der Waals surface area contributed by atoms with E-state index in [4.69, 9.17) is 11.6 Å². The van der Waals surface area contributed by atoms with Crippen molar-refractivity contribution in [3.63, 3.8) is 0 Å². The Balaban J connectivity index is 1.59. The van der Waals surface area contributed by atoms with Gasteiger partial charge in [0, 0.05) is 17.3 Å². The van der Waals surface area contributed by atoms with Crippen molar-refractivity contribution >= 4 is 33.0 Å². The molecule has 0 heterocycles. The van der Waals surface area contributed by atoms with Crippen LogP contribution in [-0.4, -0.2) is 42.0 Å². The second-order valence-electron chi connectivity index (χ2n) is 8.49. The van der Waals surface area contributed by atoms with Gasteiger partial charge in [0.05, 0.1) is 27.4 Å². The van der Waals surface area contributed by atoms with Gasteiger partial charge < -0.3 is 15.5 Å². The highest BCUT2D eigenvalue weighted by Crippen LogP contribution is 2.51. The van der Waals surface area contributed by atoms with Gasteiger partial charge in [-0.2, -0.15) is 0 Å². The number of aliphatic hydroxyl groups excluding tert-OH is 1. The number of benzene rings is 2. The third-order valence-corrected chi connectivity index (χ3v) is 9.40. The standard InChI is InChI=1S/C22H22ClF2NO5S/c23-17-5-1-12(21(28)26-15-4-6-18(24)19(25)10-15)7-20(17)32(30,31)16-8-13-2-3-14(9-16)22(13,29)11-27/h1,4-7,10,13-14,16,27,29H,2-3,8-9,11H2,(H,26,28)/t13-,14?,16-,22-/m0/s1. The lowest BCUT2D eigenvalue weighted by atomic mass is 9.75. The summed E-state index contributed by atoms with van der Waals surface area (Å²) in [5, 5.41) is 21.9. The molecule has 0 aromatic heterocycles. The molecule has 32 heavy (non-hydrogen) atoms. The van der Waals surface area contributed by atoms with Gasteiger partial charge in [-0.3, -0.25) is 4.79 Å². The van der Waals surface area contributed by atoms with Gasteiger partial charge in [-0.25, -0.2) is 17.2 Å². The number of amides is 1. The highest BCUT2D eigenvalue weighted by atomic mass is 35.5. The molecular formula is C22H22ClF2NO5S. The number of fused-ring (bicyclic) bond motifs is 2. The predicted octanol–water partition coefficient (Wildman–Crippen LogP) is 3.56. The molecule has 1 amide bonds. The minimum Gasteiger partial charge on any atom is -0.393 e. The lowest BCUT2D eigenvalue weighted by Gasteiger charge is -2.41. The fourth-order valence-corrected chi connectivity index (χ4v) is 7.34. The van der Waals surface area contributed by atoms with Crippen LogP contribution in [0.1, 0.15) is 36.0 Å². The molecule has 2 aromatic rings. The van der Waals surface area contributed by atoms with E-state index in [0.29, 0.717) is 12.8 Å². The van der Waals surface area contributed by atoms with Crippen molar-refractivity contribution in [1.29, 1.82) is 0 Å². The SMILES string of the molecule is O=C(Nc1ccc(F)c(F)c1)c1ccc(Cl)c(S(=O)(=O)[C@@H]2CC3CC[C@@H](C2)[C@@]3(O)CO)c1. The van der Waals surface area contributed by atoms with Gasteiger partial charge in [0.25, 0.3) is 5.91 Å². The number of aliphatic hydroxyl groups is 2. The van der Waals surface area contributed by atoms with Crippen molar-refractivity contribution in [3.05, 3.63) is 58.6 Å². The van der Waals surface area contributed by atoms with Crippen molar-refractivity contribution in [1.82, 2.24) is 0 Å². The van der Waals surface area contributed by atoms with Crippen molar-refractivity contribution in [2.24, 2.45) is 11.8 Å². The number of sulfone groups is 1. The molecule has 0 saturated heterocycles. The van der Waals surface area contributed by atoms with Gasteiger partial charge in [0.15, 0.2) is 21.5 Å². The van der Waals surface area contributed by atoms with E-state index in [-0.39, 0.29) is 45.8 Å². The number of rotatable bonds is 5. The molecule has 4 atom stereocenters. The predicted molar refractivity (Wildman–Crippen MR) is 114 cm³/mol. The van der Waals surface area contributed by atoms with Crippen molar-refractivity contribution < 1.29 is 32.2 Å². The third kappa shape index (κ3) is 3.91. The van der Waals surface area contributed by atoms with Crippen LogP contribution in [0.4, 0.5) is 14.5 Å². The van der Waals surface area contributed by atoms with Crippen LogP contribution >= 0.6 is 11.6 Å². The molecule has 10 heteroatoms. The van der Waals surface area contributed by atoms with E-state index in [1.165, 1.54) is 24.3 Å². The summed E-state index contributed by atoms with van der Waals surface area (Å²) >= 11 is 6.18. The van der Waals surface area contributed by atoms with Crippen LogP contribution in [0.25, 0.3) is 0 Å². The van der Waals surface area contributed by atoms with E-state index in [1.807, 2.05) is 0 Å². The van der Waals surface area contributed by atoms with Gasteiger partial charge in [0.1, 0.15) is 0 Å². The average molecular weight is 486 g/mol. The molecule has 3 N–H and O–H groups in total. The first-order chi connectivity index (χ1) is 15.1. The fraction of sp³-hybridized carbons (Fsp3) is 0.409. The highest BCUT2D eigenvalue weighted by Gasteiger charge is 2.55. The second kappa shape index (κ2) is 8.37. The molecule has 2 saturated carbocycles. The normalized spacial score (nSPS) is 27.3. The summed E-state index contributed by atoms with van der Waals surface area (Å²) in [6.07, 6.45) is 1.66. The fourth-order valence-electron chi connectivity index (χ4n) is 4.94. The zero-order valence-corrected chi connectivity index (χ0v) is 18.5. The number of halogens is 3. The molecule has 2 aliphatic rings. The Kier molecular flexibility index (Phi) is 6.04. The van der Waals surface area contributed by atoms with Crippen LogP contribution < -0.4 is 5.32 Å². The summed E-state index contributed by atoms with van der Waals surface area (Å²) in [6.45, 7) is -0.407. The van der Waals surface area contributed by atoms with Crippen LogP contribution in [0, 0.1) is 23.5 Å².